The van der Waals surface area contributed by atoms with Crippen molar-refractivity contribution in [1.29, 1.82) is 0 Å². The summed E-state index contributed by atoms with van der Waals surface area (Å²) in [5.41, 5.74) is 8.58. The van der Waals surface area contributed by atoms with Gasteiger partial charge in [-0.2, -0.15) is 0 Å². The summed E-state index contributed by atoms with van der Waals surface area (Å²) in [6.07, 6.45) is 1.83. The van der Waals surface area contributed by atoms with E-state index >= 15 is 0 Å². The number of rotatable bonds is 2. The van der Waals surface area contributed by atoms with Gasteiger partial charge in [-0.1, -0.05) is 0 Å². The molecule has 6 nitrogen and oxygen atoms in total. The van der Waals surface area contributed by atoms with Crippen molar-refractivity contribution in [3.05, 3.63) is 23.8 Å². The first-order valence-electron chi connectivity index (χ1n) is 6.83. The maximum atomic E-state index is 5.81. The lowest BCUT2D eigenvalue weighted by Gasteiger charge is -2.34. The van der Waals surface area contributed by atoms with Crippen molar-refractivity contribution in [3.63, 3.8) is 0 Å². The molecule has 20 heavy (non-hydrogen) atoms. The summed E-state index contributed by atoms with van der Waals surface area (Å²) in [4.78, 5) is 0. The molecule has 0 unspecified atom stereocenters. The van der Waals surface area contributed by atoms with Gasteiger partial charge in [0.05, 0.1) is 5.54 Å². The summed E-state index contributed by atoms with van der Waals surface area (Å²) in [6.45, 7) is 5.70. The molecule has 1 fully saturated rings. The standard InChI is InChI=1S/C14H19N5O/c1-10-9-11(15)3-4-12(10)13-16-17-18-19(13)14(2)5-7-20-8-6-14/h3-4,9H,5-8,15H2,1-2H3. The Bertz CT molecular complexity index is 616. The van der Waals surface area contributed by atoms with E-state index in [1.807, 2.05) is 29.8 Å². The number of aromatic nitrogens is 4. The van der Waals surface area contributed by atoms with Crippen molar-refractivity contribution in [2.75, 3.05) is 18.9 Å². The zero-order valence-corrected chi connectivity index (χ0v) is 11.8. The molecule has 0 radical (unpaired) electrons. The van der Waals surface area contributed by atoms with Gasteiger partial charge in [0.25, 0.3) is 0 Å². The van der Waals surface area contributed by atoms with Gasteiger partial charge in [-0.15, -0.1) is 5.10 Å². The van der Waals surface area contributed by atoms with Crippen LogP contribution in [0.25, 0.3) is 11.4 Å². The van der Waals surface area contributed by atoms with Gasteiger partial charge in [0, 0.05) is 24.5 Å². The van der Waals surface area contributed by atoms with Crippen LogP contribution in [0.1, 0.15) is 25.3 Å². The first-order valence-corrected chi connectivity index (χ1v) is 6.83. The molecule has 1 aliphatic rings. The molecule has 6 heteroatoms. The Balaban J connectivity index is 2.05. The molecular weight excluding hydrogens is 254 g/mol. The van der Waals surface area contributed by atoms with Crippen LogP contribution in [0.3, 0.4) is 0 Å². The molecule has 1 aromatic heterocycles. The van der Waals surface area contributed by atoms with Gasteiger partial charge in [-0.3, -0.25) is 0 Å². The normalized spacial score (nSPS) is 18.1. The van der Waals surface area contributed by atoms with Crippen molar-refractivity contribution < 1.29 is 4.74 Å². The summed E-state index contributed by atoms with van der Waals surface area (Å²) in [6, 6.07) is 5.81. The van der Waals surface area contributed by atoms with Gasteiger partial charge in [0.1, 0.15) is 0 Å². The van der Waals surface area contributed by atoms with Gasteiger partial charge < -0.3 is 10.5 Å². The van der Waals surface area contributed by atoms with Crippen LogP contribution in [0.2, 0.25) is 0 Å². The molecular formula is C14H19N5O. The van der Waals surface area contributed by atoms with Crippen LogP contribution in [0.4, 0.5) is 5.69 Å². The lowest BCUT2D eigenvalue weighted by Crippen LogP contribution is -2.38. The lowest BCUT2D eigenvalue weighted by atomic mass is 9.92. The predicted octanol–water partition coefficient (Wildman–Crippen LogP) is 1.76. The van der Waals surface area contributed by atoms with Crippen LogP contribution < -0.4 is 5.73 Å². The number of ether oxygens (including phenoxy) is 1. The molecule has 0 spiro atoms. The molecule has 0 bridgehead atoms. The SMILES string of the molecule is Cc1cc(N)ccc1-c1nnnn1C1(C)CCOCC1. The fourth-order valence-corrected chi connectivity index (χ4v) is 2.68. The third kappa shape index (κ3) is 2.16. The van der Waals surface area contributed by atoms with Crippen molar-refractivity contribution in [3.8, 4) is 11.4 Å². The van der Waals surface area contributed by atoms with Crippen LogP contribution in [0, 0.1) is 6.92 Å². The second kappa shape index (κ2) is 4.86. The Hall–Kier alpha value is -1.95. The zero-order valence-electron chi connectivity index (χ0n) is 11.8. The van der Waals surface area contributed by atoms with Crippen LogP contribution in [0.15, 0.2) is 18.2 Å². The van der Waals surface area contributed by atoms with E-state index in [1.54, 1.807) is 0 Å². The molecule has 0 amide bonds. The largest absolute Gasteiger partial charge is 0.399 e. The topological polar surface area (TPSA) is 78.9 Å². The highest BCUT2D eigenvalue weighted by molar-refractivity contribution is 5.63. The second-order valence-electron chi connectivity index (χ2n) is 5.60. The van der Waals surface area contributed by atoms with E-state index in [2.05, 4.69) is 22.4 Å². The van der Waals surface area contributed by atoms with Crippen molar-refractivity contribution in [1.82, 2.24) is 20.2 Å². The van der Waals surface area contributed by atoms with E-state index < -0.39 is 0 Å². The summed E-state index contributed by atoms with van der Waals surface area (Å²) >= 11 is 0. The number of hydrogen-bond donors (Lipinski definition) is 1. The molecule has 0 saturated carbocycles. The number of nitrogens with zero attached hydrogens (tertiary/aromatic N) is 4. The predicted molar refractivity (Wildman–Crippen MR) is 76.1 cm³/mol. The van der Waals surface area contributed by atoms with Crippen LogP contribution >= 0.6 is 0 Å². The molecule has 3 rings (SSSR count). The fraction of sp³-hybridized carbons (Fsp3) is 0.500. The Morgan fingerprint density at radius 2 is 2.05 bits per heavy atom. The molecule has 2 heterocycles. The second-order valence-corrected chi connectivity index (χ2v) is 5.60. The van der Waals surface area contributed by atoms with E-state index in [0.717, 1.165) is 48.7 Å². The number of tetrazole rings is 1. The van der Waals surface area contributed by atoms with Crippen LogP contribution in [0.5, 0.6) is 0 Å². The molecule has 1 aliphatic heterocycles. The minimum absolute atomic E-state index is 0.0924. The Morgan fingerprint density at radius 3 is 2.75 bits per heavy atom. The van der Waals surface area contributed by atoms with E-state index in [1.165, 1.54) is 0 Å². The number of nitrogens with two attached hydrogens (primary N) is 1. The summed E-state index contributed by atoms with van der Waals surface area (Å²) in [5, 5.41) is 12.3. The number of aryl methyl sites for hydroxylation is 1. The quantitative estimate of drug-likeness (QED) is 0.843. The van der Waals surface area contributed by atoms with Crippen molar-refractivity contribution >= 4 is 5.69 Å². The highest BCUT2D eigenvalue weighted by Gasteiger charge is 2.33. The maximum absolute atomic E-state index is 5.81. The zero-order chi connectivity index (χ0) is 14.2. The van der Waals surface area contributed by atoms with Crippen LogP contribution in [-0.2, 0) is 10.3 Å². The van der Waals surface area contributed by atoms with Gasteiger partial charge in [-0.25, -0.2) is 4.68 Å². The van der Waals surface area contributed by atoms with Gasteiger partial charge in [0.2, 0.25) is 0 Å². The molecule has 2 N–H and O–H groups in total. The van der Waals surface area contributed by atoms with Gasteiger partial charge in [-0.05, 0) is 60.9 Å². The molecule has 1 saturated heterocycles. The van der Waals surface area contributed by atoms with Gasteiger partial charge >= 0.3 is 0 Å². The first-order chi connectivity index (χ1) is 9.60. The number of anilines is 1. The number of hydrogen-bond acceptors (Lipinski definition) is 5. The lowest BCUT2D eigenvalue weighted by molar-refractivity contribution is 0.0240. The minimum atomic E-state index is -0.0924. The molecule has 1 aromatic carbocycles. The number of benzene rings is 1. The van der Waals surface area contributed by atoms with E-state index in [9.17, 15) is 0 Å². The van der Waals surface area contributed by atoms with E-state index in [0.29, 0.717) is 0 Å². The third-order valence-corrected chi connectivity index (χ3v) is 4.04. The van der Waals surface area contributed by atoms with Crippen molar-refractivity contribution in [2.45, 2.75) is 32.2 Å². The Kier molecular flexibility index (Phi) is 3.17. The minimum Gasteiger partial charge on any atom is -0.399 e. The molecule has 0 atom stereocenters. The van der Waals surface area contributed by atoms with Gasteiger partial charge in [0.15, 0.2) is 5.82 Å². The summed E-state index contributed by atoms with van der Waals surface area (Å²) in [7, 11) is 0. The number of nitrogen functional groups attached to an aromatic ring is 1. The first kappa shape index (κ1) is 13.1. The van der Waals surface area contributed by atoms with E-state index in [-0.39, 0.29) is 5.54 Å². The maximum Gasteiger partial charge on any atom is 0.182 e. The average molecular weight is 273 g/mol. The summed E-state index contributed by atoms with van der Waals surface area (Å²) in [5.74, 6) is 0.798. The molecule has 106 valence electrons. The highest BCUT2D eigenvalue weighted by atomic mass is 16.5. The molecule has 2 aromatic rings. The Morgan fingerprint density at radius 1 is 1.30 bits per heavy atom. The smallest absolute Gasteiger partial charge is 0.182 e. The molecule has 0 aliphatic carbocycles. The van der Waals surface area contributed by atoms with Crippen LogP contribution in [-0.4, -0.2) is 33.4 Å². The summed E-state index contributed by atoms with van der Waals surface area (Å²) < 4.78 is 7.39. The van der Waals surface area contributed by atoms with E-state index in [4.69, 9.17) is 10.5 Å². The monoisotopic (exact) mass is 273 g/mol. The van der Waals surface area contributed by atoms with Crippen molar-refractivity contribution in [2.24, 2.45) is 0 Å². The fourth-order valence-electron chi connectivity index (χ4n) is 2.68. The Labute approximate surface area is 117 Å². The highest BCUT2D eigenvalue weighted by Crippen LogP contribution is 2.32. The average Bonchev–Trinajstić information content (AvgIpc) is 2.89. The third-order valence-electron chi connectivity index (χ3n) is 4.04.